The highest BCUT2D eigenvalue weighted by Crippen LogP contribution is 2.31. The number of aliphatic hydroxyl groups is 1. The highest BCUT2D eigenvalue weighted by atomic mass is 32.1. The smallest absolute Gasteiger partial charge is 0.0771 e. The van der Waals surface area contributed by atoms with Crippen molar-refractivity contribution in [3.8, 4) is 0 Å². The lowest BCUT2D eigenvalue weighted by Gasteiger charge is -2.36. The Hall–Kier alpha value is -0.900. The largest absolute Gasteiger partial charge is 0.389 e. The van der Waals surface area contributed by atoms with Gasteiger partial charge in [0.2, 0.25) is 0 Å². The summed E-state index contributed by atoms with van der Waals surface area (Å²) >= 11 is 1.79. The van der Waals surface area contributed by atoms with Gasteiger partial charge in [0.1, 0.15) is 0 Å². The molecule has 1 aromatic heterocycles. The van der Waals surface area contributed by atoms with Gasteiger partial charge in [-0.1, -0.05) is 18.2 Å². The molecule has 17 heavy (non-hydrogen) atoms. The molecule has 0 saturated heterocycles. The van der Waals surface area contributed by atoms with Gasteiger partial charge in [0, 0.05) is 17.8 Å². The van der Waals surface area contributed by atoms with E-state index in [9.17, 15) is 5.11 Å². The summed E-state index contributed by atoms with van der Waals surface area (Å²) in [7, 11) is 0. The Morgan fingerprint density at radius 1 is 1.29 bits per heavy atom. The monoisotopic (exact) mass is 247 g/mol. The lowest BCUT2D eigenvalue weighted by Crippen LogP contribution is -2.45. The second-order valence-electron chi connectivity index (χ2n) is 4.94. The third kappa shape index (κ3) is 2.23. The van der Waals surface area contributed by atoms with Gasteiger partial charge in [-0.3, -0.25) is 0 Å². The number of hydrogen-bond acceptors (Lipinski definition) is 3. The van der Waals surface area contributed by atoms with Gasteiger partial charge in [-0.15, -0.1) is 11.3 Å². The maximum atomic E-state index is 9.99. The predicted molar refractivity (Wildman–Crippen MR) is 72.3 cm³/mol. The number of nitrogens with one attached hydrogen (secondary N) is 1. The SMILES string of the molecule is OC1(CNCc2csc3ccccc23)CCC1. The van der Waals surface area contributed by atoms with Crippen LogP contribution in [0.3, 0.4) is 0 Å². The molecule has 2 aromatic rings. The molecule has 1 aromatic carbocycles. The summed E-state index contributed by atoms with van der Waals surface area (Å²) in [4.78, 5) is 0. The molecule has 1 aliphatic rings. The lowest BCUT2D eigenvalue weighted by molar-refractivity contribution is -0.0314. The minimum Gasteiger partial charge on any atom is -0.389 e. The Morgan fingerprint density at radius 2 is 2.12 bits per heavy atom. The average molecular weight is 247 g/mol. The van der Waals surface area contributed by atoms with Crippen LogP contribution in [0, 0.1) is 0 Å². The van der Waals surface area contributed by atoms with Crippen LogP contribution in [0.4, 0.5) is 0 Å². The summed E-state index contributed by atoms with van der Waals surface area (Å²) in [5.41, 5.74) is 0.916. The molecule has 90 valence electrons. The lowest BCUT2D eigenvalue weighted by atomic mass is 9.80. The molecule has 3 rings (SSSR count). The zero-order valence-electron chi connectivity index (χ0n) is 9.78. The molecule has 0 spiro atoms. The highest BCUT2D eigenvalue weighted by molar-refractivity contribution is 7.17. The van der Waals surface area contributed by atoms with Crippen LogP contribution in [-0.2, 0) is 6.54 Å². The fraction of sp³-hybridized carbons (Fsp3) is 0.429. The van der Waals surface area contributed by atoms with Crippen molar-refractivity contribution in [3.05, 3.63) is 35.2 Å². The van der Waals surface area contributed by atoms with Crippen molar-refractivity contribution in [1.82, 2.24) is 5.32 Å². The van der Waals surface area contributed by atoms with Crippen molar-refractivity contribution in [2.24, 2.45) is 0 Å². The number of rotatable bonds is 4. The van der Waals surface area contributed by atoms with E-state index in [2.05, 4.69) is 35.0 Å². The molecule has 0 radical (unpaired) electrons. The molecular weight excluding hydrogens is 230 g/mol. The minimum atomic E-state index is -0.425. The van der Waals surface area contributed by atoms with Crippen LogP contribution in [0.1, 0.15) is 24.8 Å². The quantitative estimate of drug-likeness (QED) is 0.870. The number of thiophene rings is 1. The van der Waals surface area contributed by atoms with Crippen LogP contribution < -0.4 is 5.32 Å². The highest BCUT2D eigenvalue weighted by Gasteiger charge is 2.33. The second kappa shape index (κ2) is 4.41. The number of benzene rings is 1. The van der Waals surface area contributed by atoms with Gasteiger partial charge >= 0.3 is 0 Å². The van der Waals surface area contributed by atoms with Crippen LogP contribution in [-0.4, -0.2) is 17.3 Å². The molecule has 0 amide bonds. The normalized spacial score (nSPS) is 18.2. The van der Waals surface area contributed by atoms with E-state index in [4.69, 9.17) is 0 Å². The maximum Gasteiger partial charge on any atom is 0.0771 e. The van der Waals surface area contributed by atoms with Gasteiger partial charge in [-0.2, -0.15) is 0 Å². The Labute approximate surface area is 105 Å². The summed E-state index contributed by atoms with van der Waals surface area (Å²) in [6, 6.07) is 8.48. The third-order valence-electron chi connectivity index (χ3n) is 3.61. The Morgan fingerprint density at radius 3 is 2.88 bits per heavy atom. The van der Waals surface area contributed by atoms with Gasteiger partial charge < -0.3 is 10.4 Å². The zero-order chi connectivity index (χ0) is 11.7. The second-order valence-corrected chi connectivity index (χ2v) is 5.85. The summed E-state index contributed by atoms with van der Waals surface area (Å²) < 4.78 is 1.34. The van der Waals surface area contributed by atoms with Gasteiger partial charge in [-0.25, -0.2) is 0 Å². The van der Waals surface area contributed by atoms with Crippen molar-refractivity contribution < 1.29 is 5.11 Å². The van der Waals surface area contributed by atoms with Crippen molar-refractivity contribution in [3.63, 3.8) is 0 Å². The van der Waals surface area contributed by atoms with Crippen molar-refractivity contribution in [2.75, 3.05) is 6.54 Å². The van der Waals surface area contributed by atoms with Crippen LogP contribution in [0.5, 0.6) is 0 Å². The standard InChI is InChI=1S/C14H17NOS/c16-14(6-3-7-14)10-15-8-11-9-17-13-5-2-1-4-12(11)13/h1-2,4-5,9,15-16H,3,6-8,10H2. The van der Waals surface area contributed by atoms with Gasteiger partial charge in [0.25, 0.3) is 0 Å². The van der Waals surface area contributed by atoms with Crippen molar-refractivity contribution >= 4 is 21.4 Å². The molecule has 2 nitrogen and oxygen atoms in total. The van der Waals surface area contributed by atoms with Gasteiger partial charge in [0.15, 0.2) is 0 Å². The molecule has 1 fully saturated rings. The fourth-order valence-electron chi connectivity index (χ4n) is 2.36. The van der Waals surface area contributed by atoms with E-state index < -0.39 is 5.60 Å². The number of fused-ring (bicyclic) bond motifs is 1. The third-order valence-corrected chi connectivity index (χ3v) is 4.63. The van der Waals surface area contributed by atoms with Crippen LogP contribution >= 0.6 is 11.3 Å². The first kappa shape index (κ1) is 11.2. The van der Waals surface area contributed by atoms with Gasteiger partial charge in [-0.05, 0) is 41.7 Å². The zero-order valence-corrected chi connectivity index (χ0v) is 10.6. The van der Waals surface area contributed by atoms with E-state index in [1.54, 1.807) is 11.3 Å². The molecule has 2 N–H and O–H groups in total. The first-order valence-corrected chi connectivity index (χ1v) is 7.03. The van der Waals surface area contributed by atoms with E-state index in [0.29, 0.717) is 0 Å². The molecule has 0 bridgehead atoms. The van der Waals surface area contributed by atoms with E-state index in [0.717, 1.165) is 25.9 Å². The predicted octanol–water partition coefficient (Wildman–Crippen LogP) is 2.91. The van der Waals surface area contributed by atoms with E-state index in [-0.39, 0.29) is 0 Å². The van der Waals surface area contributed by atoms with E-state index in [1.807, 2.05) is 0 Å². The maximum absolute atomic E-state index is 9.99. The van der Waals surface area contributed by atoms with Gasteiger partial charge in [0.05, 0.1) is 5.60 Å². The van der Waals surface area contributed by atoms with Crippen molar-refractivity contribution in [2.45, 2.75) is 31.4 Å². The summed E-state index contributed by atoms with van der Waals surface area (Å²) in [5.74, 6) is 0. The summed E-state index contributed by atoms with van der Waals surface area (Å²) in [6.45, 7) is 1.57. The molecule has 1 aliphatic carbocycles. The van der Waals surface area contributed by atoms with E-state index in [1.165, 1.54) is 22.1 Å². The molecule has 0 unspecified atom stereocenters. The molecule has 0 aliphatic heterocycles. The molecule has 1 saturated carbocycles. The molecule has 0 atom stereocenters. The Bertz CT molecular complexity index is 516. The number of hydrogen-bond donors (Lipinski definition) is 2. The fourth-order valence-corrected chi connectivity index (χ4v) is 3.32. The molecule has 3 heteroatoms. The summed E-state index contributed by atoms with van der Waals surface area (Å²) in [5, 5.41) is 16.9. The minimum absolute atomic E-state index is 0.425. The average Bonchev–Trinajstić information content (AvgIpc) is 2.71. The first-order chi connectivity index (χ1) is 8.27. The summed E-state index contributed by atoms with van der Waals surface area (Å²) in [6.07, 6.45) is 3.06. The van der Waals surface area contributed by atoms with Crippen LogP contribution in [0.2, 0.25) is 0 Å². The van der Waals surface area contributed by atoms with Crippen molar-refractivity contribution in [1.29, 1.82) is 0 Å². The Balaban J connectivity index is 1.65. The molecule has 1 heterocycles. The van der Waals surface area contributed by atoms with Crippen LogP contribution in [0.25, 0.3) is 10.1 Å². The van der Waals surface area contributed by atoms with E-state index >= 15 is 0 Å². The molecular formula is C14H17NOS. The first-order valence-electron chi connectivity index (χ1n) is 6.15. The van der Waals surface area contributed by atoms with Crippen LogP contribution in [0.15, 0.2) is 29.6 Å². The topological polar surface area (TPSA) is 32.3 Å². The Kier molecular flexibility index (Phi) is 2.90.